The predicted molar refractivity (Wildman–Crippen MR) is 67.1 cm³/mol. The number of ether oxygens (including phenoxy) is 2. The molecule has 0 aliphatic carbocycles. The van der Waals surface area contributed by atoms with Crippen LogP contribution in [0.5, 0.6) is 11.5 Å². The van der Waals surface area contributed by atoms with Gasteiger partial charge in [0.1, 0.15) is 19.0 Å². The van der Waals surface area contributed by atoms with Gasteiger partial charge in [-0.25, -0.2) is 4.39 Å². The van der Waals surface area contributed by atoms with Gasteiger partial charge in [0.2, 0.25) is 0 Å². The second-order valence-electron chi connectivity index (χ2n) is 3.99. The zero-order chi connectivity index (χ0) is 12.4. The molecule has 2 aromatic rings. The molecule has 0 amide bonds. The topological polar surface area (TPSA) is 30.5 Å². The molecular weight excluding hydrogens is 233 g/mol. The Kier molecular flexibility index (Phi) is 2.76. The fourth-order valence-electron chi connectivity index (χ4n) is 1.82. The molecule has 3 rings (SSSR count). The molecule has 0 radical (unpaired) electrons. The van der Waals surface area contributed by atoms with Gasteiger partial charge in [0.15, 0.2) is 11.5 Å². The first kappa shape index (κ1) is 10.9. The Hall–Kier alpha value is -2.23. The lowest BCUT2D eigenvalue weighted by molar-refractivity contribution is 0.171. The summed E-state index contributed by atoms with van der Waals surface area (Å²) in [6, 6.07) is 11.8. The van der Waals surface area contributed by atoms with Crippen LogP contribution in [0.4, 0.5) is 15.8 Å². The maximum absolute atomic E-state index is 12.8. The molecule has 1 heterocycles. The second kappa shape index (κ2) is 4.56. The van der Waals surface area contributed by atoms with Crippen molar-refractivity contribution in [1.82, 2.24) is 0 Å². The van der Waals surface area contributed by atoms with Gasteiger partial charge >= 0.3 is 0 Å². The first-order valence-corrected chi connectivity index (χ1v) is 5.73. The summed E-state index contributed by atoms with van der Waals surface area (Å²) in [5.41, 5.74) is 1.71. The molecule has 0 saturated carbocycles. The summed E-state index contributed by atoms with van der Waals surface area (Å²) in [6.45, 7) is 1.14. The summed E-state index contributed by atoms with van der Waals surface area (Å²) in [7, 11) is 0. The second-order valence-corrected chi connectivity index (χ2v) is 3.99. The van der Waals surface area contributed by atoms with Crippen LogP contribution in [0.25, 0.3) is 0 Å². The monoisotopic (exact) mass is 245 g/mol. The zero-order valence-corrected chi connectivity index (χ0v) is 9.65. The highest BCUT2D eigenvalue weighted by atomic mass is 19.1. The van der Waals surface area contributed by atoms with E-state index in [0.717, 1.165) is 22.9 Å². The standard InChI is InChI=1S/C14H12FNO2/c15-10-1-3-11(4-2-10)16-12-5-6-13-14(9-12)18-8-7-17-13/h1-6,9,16H,7-8H2. The number of rotatable bonds is 2. The van der Waals surface area contributed by atoms with Crippen molar-refractivity contribution >= 4 is 11.4 Å². The molecule has 0 unspecified atom stereocenters. The molecule has 0 spiro atoms. The lowest BCUT2D eigenvalue weighted by atomic mass is 10.2. The summed E-state index contributed by atoms with van der Waals surface area (Å²) in [4.78, 5) is 0. The Labute approximate surface area is 104 Å². The molecule has 92 valence electrons. The highest BCUT2D eigenvalue weighted by Crippen LogP contribution is 2.33. The molecule has 1 aliphatic heterocycles. The van der Waals surface area contributed by atoms with Crippen molar-refractivity contribution in [2.45, 2.75) is 0 Å². The van der Waals surface area contributed by atoms with Gasteiger partial charge in [-0.3, -0.25) is 0 Å². The van der Waals surface area contributed by atoms with Gasteiger partial charge in [0.25, 0.3) is 0 Å². The molecule has 0 bridgehead atoms. The Balaban J connectivity index is 1.82. The first-order chi connectivity index (χ1) is 8.81. The van der Waals surface area contributed by atoms with Crippen LogP contribution in [0.2, 0.25) is 0 Å². The molecule has 0 saturated heterocycles. The van der Waals surface area contributed by atoms with Gasteiger partial charge in [-0.2, -0.15) is 0 Å². The van der Waals surface area contributed by atoms with Gasteiger partial charge in [-0.15, -0.1) is 0 Å². The third kappa shape index (κ3) is 2.22. The van der Waals surface area contributed by atoms with Crippen LogP contribution >= 0.6 is 0 Å². The van der Waals surface area contributed by atoms with Crippen molar-refractivity contribution in [2.75, 3.05) is 18.5 Å². The van der Waals surface area contributed by atoms with Crippen molar-refractivity contribution in [3.05, 3.63) is 48.3 Å². The van der Waals surface area contributed by atoms with Crippen LogP contribution < -0.4 is 14.8 Å². The van der Waals surface area contributed by atoms with Crippen LogP contribution in [-0.4, -0.2) is 13.2 Å². The molecule has 4 heteroatoms. The normalized spacial score (nSPS) is 13.2. The number of fused-ring (bicyclic) bond motifs is 1. The fraction of sp³-hybridized carbons (Fsp3) is 0.143. The molecule has 1 aliphatic rings. The van der Waals surface area contributed by atoms with E-state index < -0.39 is 0 Å². The highest BCUT2D eigenvalue weighted by Gasteiger charge is 2.11. The third-order valence-electron chi connectivity index (χ3n) is 2.68. The molecule has 3 nitrogen and oxygen atoms in total. The summed E-state index contributed by atoms with van der Waals surface area (Å²) in [5.74, 6) is 1.24. The minimum atomic E-state index is -0.247. The number of anilines is 2. The molecule has 0 aromatic heterocycles. The number of hydrogen-bond acceptors (Lipinski definition) is 3. The Bertz CT molecular complexity index is 554. The van der Waals surface area contributed by atoms with Crippen LogP contribution in [0.1, 0.15) is 0 Å². The summed E-state index contributed by atoms with van der Waals surface area (Å²) in [5, 5.41) is 3.18. The van der Waals surface area contributed by atoms with Crippen LogP contribution in [0, 0.1) is 5.82 Å². The minimum absolute atomic E-state index is 0.247. The van der Waals surface area contributed by atoms with E-state index in [0.29, 0.717) is 13.2 Å². The summed E-state index contributed by atoms with van der Waals surface area (Å²) < 4.78 is 23.7. The lowest BCUT2D eigenvalue weighted by Gasteiger charge is -2.19. The van der Waals surface area contributed by atoms with E-state index in [-0.39, 0.29) is 5.82 Å². The van der Waals surface area contributed by atoms with Crippen LogP contribution in [-0.2, 0) is 0 Å². The number of hydrogen-bond donors (Lipinski definition) is 1. The van der Waals surface area contributed by atoms with Gasteiger partial charge in [-0.1, -0.05) is 0 Å². The zero-order valence-electron chi connectivity index (χ0n) is 9.65. The highest BCUT2D eigenvalue weighted by molar-refractivity contribution is 5.63. The number of benzene rings is 2. The molecule has 2 aromatic carbocycles. The SMILES string of the molecule is Fc1ccc(Nc2ccc3c(c2)OCCO3)cc1. The maximum atomic E-state index is 12.8. The predicted octanol–water partition coefficient (Wildman–Crippen LogP) is 3.34. The Morgan fingerprint density at radius 1 is 0.833 bits per heavy atom. The third-order valence-corrected chi connectivity index (χ3v) is 2.68. The molecule has 1 N–H and O–H groups in total. The van der Waals surface area contributed by atoms with E-state index in [4.69, 9.17) is 9.47 Å². The molecule has 0 fully saturated rings. The summed E-state index contributed by atoms with van der Waals surface area (Å²) in [6.07, 6.45) is 0. The van der Waals surface area contributed by atoms with E-state index in [9.17, 15) is 4.39 Å². The van der Waals surface area contributed by atoms with E-state index >= 15 is 0 Å². The average Bonchev–Trinajstić information content (AvgIpc) is 2.41. The molecule has 0 atom stereocenters. The van der Waals surface area contributed by atoms with Crippen molar-refractivity contribution in [1.29, 1.82) is 0 Å². The maximum Gasteiger partial charge on any atom is 0.163 e. The minimum Gasteiger partial charge on any atom is -0.486 e. The van der Waals surface area contributed by atoms with Crippen LogP contribution in [0.15, 0.2) is 42.5 Å². The Morgan fingerprint density at radius 3 is 2.28 bits per heavy atom. The van der Waals surface area contributed by atoms with Crippen molar-refractivity contribution in [3.63, 3.8) is 0 Å². The van der Waals surface area contributed by atoms with Gasteiger partial charge in [0, 0.05) is 17.4 Å². The smallest absolute Gasteiger partial charge is 0.163 e. The molecular formula is C14H12FNO2. The Morgan fingerprint density at radius 2 is 1.50 bits per heavy atom. The first-order valence-electron chi connectivity index (χ1n) is 5.73. The van der Waals surface area contributed by atoms with Crippen molar-refractivity contribution < 1.29 is 13.9 Å². The lowest BCUT2D eigenvalue weighted by Crippen LogP contribution is -2.15. The van der Waals surface area contributed by atoms with E-state index in [1.165, 1.54) is 12.1 Å². The van der Waals surface area contributed by atoms with E-state index in [1.807, 2.05) is 18.2 Å². The van der Waals surface area contributed by atoms with Crippen LogP contribution in [0.3, 0.4) is 0 Å². The van der Waals surface area contributed by atoms with Crippen molar-refractivity contribution in [2.24, 2.45) is 0 Å². The molecule has 18 heavy (non-hydrogen) atoms. The van der Waals surface area contributed by atoms with Crippen molar-refractivity contribution in [3.8, 4) is 11.5 Å². The van der Waals surface area contributed by atoms with E-state index in [1.54, 1.807) is 12.1 Å². The summed E-state index contributed by atoms with van der Waals surface area (Å²) >= 11 is 0. The van der Waals surface area contributed by atoms with Gasteiger partial charge in [0.05, 0.1) is 0 Å². The van der Waals surface area contributed by atoms with Gasteiger partial charge in [-0.05, 0) is 36.4 Å². The largest absolute Gasteiger partial charge is 0.486 e. The number of halogens is 1. The number of nitrogens with one attached hydrogen (secondary N) is 1. The fourth-order valence-corrected chi connectivity index (χ4v) is 1.82. The van der Waals surface area contributed by atoms with E-state index in [2.05, 4.69) is 5.32 Å². The average molecular weight is 245 g/mol. The quantitative estimate of drug-likeness (QED) is 0.880. The van der Waals surface area contributed by atoms with Gasteiger partial charge < -0.3 is 14.8 Å².